The van der Waals surface area contributed by atoms with E-state index in [1.165, 1.54) is 24.9 Å². The first-order valence-corrected chi connectivity index (χ1v) is 12.0. The minimum atomic E-state index is -0.134. The van der Waals surface area contributed by atoms with E-state index in [9.17, 15) is 4.39 Å². The van der Waals surface area contributed by atoms with Crippen molar-refractivity contribution >= 4 is 39.3 Å². The van der Waals surface area contributed by atoms with Gasteiger partial charge in [-0.2, -0.15) is 0 Å². The molecule has 5 nitrogen and oxygen atoms in total. The maximum Gasteiger partial charge on any atom is 0.226 e. The van der Waals surface area contributed by atoms with Crippen LogP contribution in [0.4, 0.5) is 16.0 Å². The number of benzene rings is 1. The van der Waals surface area contributed by atoms with Gasteiger partial charge in [-0.3, -0.25) is 0 Å². The number of morpholine rings is 1. The van der Waals surface area contributed by atoms with Crippen LogP contribution in [0.2, 0.25) is 0 Å². The standard InChI is InChI=1S/C24H25FN4OS/c25-19-8-7-18(16-5-4-6-17(16)19)21-23-22(20(15-31-23)28-11-13-30-14-12-28)27-24(26-21)29-9-2-1-3-10-29/h4-5,7-8,15H,1-3,6,9-14H2. The summed E-state index contributed by atoms with van der Waals surface area (Å²) in [6.07, 6.45) is 8.33. The van der Waals surface area contributed by atoms with Crippen LogP contribution in [0.25, 0.3) is 27.6 Å². The summed E-state index contributed by atoms with van der Waals surface area (Å²) in [5, 5.41) is 2.20. The van der Waals surface area contributed by atoms with Gasteiger partial charge in [-0.15, -0.1) is 11.3 Å². The van der Waals surface area contributed by atoms with Crippen LogP contribution in [0.3, 0.4) is 0 Å². The van der Waals surface area contributed by atoms with Gasteiger partial charge in [0.1, 0.15) is 11.3 Å². The van der Waals surface area contributed by atoms with E-state index in [4.69, 9.17) is 14.7 Å². The Balaban J connectivity index is 1.56. The SMILES string of the molecule is Fc1ccc(-c2nc(N3CCCCC3)nc3c(N4CCOCC4)csc23)c2c1CC=C2. The van der Waals surface area contributed by atoms with Crippen molar-refractivity contribution in [2.24, 2.45) is 0 Å². The molecular formula is C24H25FN4OS. The molecule has 31 heavy (non-hydrogen) atoms. The lowest BCUT2D eigenvalue weighted by Crippen LogP contribution is -2.36. The number of hydrogen-bond donors (Lipinski definition) is 0. The molecule has 6 rings (SSSR count). The highest BCUT2D eigenvalue weighted by atomic mass is 32.1. The molecule has 1 aromatic carbocycles. The van der Waals surface area contributed by atoms with Crippen molar-refractivity contribution in [1.29, 1.82) is 0 Å². The Morgan fingerprint density at radius 1 is 0.968 bits per heavy atom. The zero-order valence-electron chi connectivity index (χ0n) is 17.4. The highest BCUT2D eigenvalue weighted by Gasteiger charge is 2.25. The van der Waals surface area contributed by atoms with Gasteiger partial charge in [-0.1, -0.05) is 12.2 Å². The Hall–Kier alpha value is -2.51. The number of ether oxygens (including phenoxy) is 1. The molecule has 0 bridgehead atoms. The molecule has 0 saturated carbocycles. The third-order valence-corrected chi connectivity index (χ3v) is 7.50. The number of thiophene rings is 1. The van der Waals surface area contributed by atoms with E-state index in [2.05, 4.69) is 15.2 Å². The summed E-state index contributed by atoms with van der Waals surface area (Å²) in [5.41, 5.74) is 5.85. The minimum Gasteiger partial charge on any atom is -0.378 e. The summed E-state index contributed by atoms with van der Waals surface area (Å²) in [7, 11) is 0. The van der Waals surface area contributed by atoms with Crippen LogP contribution in [-0.2, 0) is 11.2 Å². The largest absolute Gasteiger partial charge is 0.378 e. The first-order valence-electron chi connectivity index (χ1n) is 11.1. The van der Waals surface area contributed by atoms with Crippen LogP contribution in [0.5, 0.6) is 0 Å². The van der Waals surface area contributed by atoms with Gasteiger partial charge in [0.25, 0.3) is 0 Å². The van der Waals surface area contributed by atoms with Crippen molar-refractivity contribution in [2.75, 3.05) is 49.2 Å². The fourth-order valence-electron chi connectivity index (χ4n) is 4.88. The monoisotopic (exact) mass is 436 g/mol. The zero-order chi connectivity index (χ0) is 20.8. The molecule has 0 N–H and O–H groups in total. The van der Waals surface area contributed by atoms with Gasteiger partial charge in [0.15, 0.2) is 0 Å². The quantitative estimate of drug-likeness (QED) is 0.585. The molecule has 3 aliphatic rings. The molecule has 0 radical (unpaired) electrons. The summed E-state index contributed by atoms with van der Waals surface area (Å²) in [6.45, 7) is 5.21. The Bertz CT molecular complexity index is 1160. The molecule has 1 aliphatic carbocycles. The summed E-state index contributed by atoms with van der Waals surface area (Å²) >= 11 is 1.69. The lowest BCUT2D eigenvalue weighted by Gasteiger charge is -2.29. The van der Waals surface area contributed by atoms with Gasteiger partial charge in [0, 0.05) is 37.1 Å². The van der Waals surface area contributed by atoms with Crippen molar-refractivity contribution in [3.63, 3.8) is 0 Å². The predicted octanol–water partition coefficient (Wildman–Crippen LogP) is 4.89. The highest BCUT2D eigenvalue weighted by Crippen LogP contribution is 2.42. The Kier molecular flexibility index (Phi) is 4.88. The molecule has 0 spiro atoms. The first-order chi connectivity index (χ1) is 15.3. The van der Waals surface area contributed by atoms with Crippen LogP contribution in [0, 0.1) is 5.82 Å². The van der Waals surface area contributed by atoms with E-state index >= 15 is 0 Å². The summed E-state index contributed by atoms with van der Waals surface area (Å²) in [4.78, 5) is 14.8. The molecule has 2 fully saturated rings. The molecule has 4 heterocycles. The molecule has 7 heteroatoms. The molecule has 2 aliphatic heterocycles. The number of piperidine rings is 1. The van der Waals surface area contributed by atoms with Crippen LogP contribution in [0.1, 0.15) is 30.4 Å². The number of anilines is 2. The van der Waals surface area contributed by atoms with Crippen molar-refractivity contribution in [1.82, 2.24) is 9.97 Å². The van der Waals surface area contributed by atoms with Crippen molar-refractivity contribution in [3.8, 4) is 11.3 Å². The number of aromatic nitrogens is 2. The number of fused-ring (bicyclic) bond motifs is 2. The molecule has 3 aromatic rings. The van der Waals surface area contributed by atoms with E-state index in [0.29, 0.717) is 6.42 Å². The Morgan fingerprint density at radius 3 is 2.65 bits per heavy atom. The average Bonchev–Trinajstić information content (AvgIpc) is 3.48. The summed E-state index contributed by atoms with van der Waals surface area (Å²) < 4.78 is 21.1. The molecule has 160 valence electrons. The van der Waals surface area contributed by atoms with Gasteiger partial charge in [0.05, 0.1) is 29.3 Å². The average molecular weight is 437 g/mol. The second kappa shape index (κ2) is 7.88. The second-order valence-corrected chi connectivity index (χ2v) is 9.29. The van der Waals surface area contributed by atoms with Gasteiger partial charge in [-0.05, 0) is 48.9 Å². The lowest BCUT2D eigenvalue weighted by atomic mass is 10.00. The number of hydrogen-bond acceptors (Lipinski definition) is 6. The highest BCUT2D eigenvalue weighted by molar-refractivity contribution is 7.18. The fraction of sp³-hybridized carbons (Fsp3) is 0.417. The number of rotatable bonds is 3. The van der Waals surface area contributed by atoms with Crippen LogP contribution in [0.15, 0.2) is 23.6 Å². The molecule has 2 aromatic heterocycles. The lowest BCUT2D eigenvalue weighted by molar-refractivity contribution is 0.123. The van der Waals surface area contributed by atoms with Gasteiger partial charge < -0.3 is 14.5 Å². The van der Waals surface area contributed by atoms with Crippen LogP contribution < -0.4 is 9.80 Å². The minimum absolute atomic E-state index is 0.134. The summed E-state index contributed by atoms with van der Waals surface area (Å²) in [5.74, 6) is 0.667. The normalized spacial score (nSPS) is 18.7. The molecular weight excluding hydrogens is 411 g/mol. The Labute approximate surface area is 185 Å². The fourth-order valence-corrected chi connectivity index (χ4v) is 5.90. The maximum absolute atomic E-state index is 14.4. The smallest absolute Gasteiger partial charge is 0.226 e. The molecule has 0 amide bonds. The van der Waals surface area contributed by atoms with E-state index in [-0.39, 0.29) is 5.82 Å². The topological polar surface area (TPSA) is 41.5 Å². The zero-order valence-corrected chi connectivity index (χ0v) is 18.3. The van der Waals surface area contributed by atoms with Crippen molar-refractivity contribution in [2.45, 2.75) is 25.7 Å². The maximum atomic E-state index is 14.4. The Morgan fingerprint density at radius 2 is 1.81 bits per heavy atom. The van der Waals surface area contributed by atoms with Gasteiger partial charge in [-0.25, -0.2) is 14.4 Å². The number of halogens is 1. The van der Waals surface area contributed by atoms with Gasteiger partial charge >= 0.3 is 0 Å². The van der Waals surface area contributed by atoms with E-state index in [1.807, 2.05) is 18.2 Å². The number of allylic oxidation sites excluding steroid dienone is 1. The van der Waals surface area contributed by atoms with E-state index < -0.39 is 0 Å². The van der Waals surface area contributed by atoms with Crippen LogP contribution >= 0.6 is 11.3 Å². The molecule has 2 saturated heterocycles. The van der Waals surface area contributed by atoms with E-state index in [1.54, 1.807) is 17.4 Å². The van der Waals surface area contributed by atoms with Crippen molar-refractivity contribution < 1.29 is 9.13 Å². The molecule has 0 atom stereocenters. The van der Waals surface area contributed by atoms with Crippen LogP contribution in [-0.4, -0.2) is 49.4 Å². The third kappa shape index (κ3) is 3.31. The predicted molar refractivity (Wildman–Crippen MR) is 125 cm³/mol. The number of nitrogens with zero attached hydrogens (tertiary/aromatic N) is 4. The summed E-state index contributed by atoms with van der Waals surface area (Å²) in [6, 6.07) is 3.48. The van der Waals surface area contributed by atoms with Gasteiger partial charge in [0.2, 0.25) is 5.95 Å². The molecule has 0 unspecified atom stereocenters. The third-order valence-electron chi connectivity index (χ3n) is 6.54. The van der Waals surface area contributed by atoms with Crippen molar-refractivity contribution in [3.05, 3.63) is 40.5 Å². The second-order valence-electron chi connectivity index (χ2n) is 8.41. The first kappa shape index (κ1) is 19.2. The van der Waals surface area contributed by atoms with E-state index in [0.717, 1.165) is 77.9 Å².